The molecule has 0 spiro atoms. The Bertz CT molecular complexity index is 808. The largest absolute Gasteiger partial charge is 0.306 e. The smallest absolute Gasteiger partial charge is 0.138 e. The zero-order chi connectivity index (χ0) is 15.6. The van der Waals surface area contributed by atoms with Crippen molar-refractivity contribution in [2.45, 2.75) is 32.0 Å². The van der Waals surface area contributed by atoms with E-state index >= 15 is 0 Å². The van der Waals surface area contributed by atoms with Crippen LogP contribution in [0.2, 0.25) is 0 Å². The summed E-state index contributed by atoms with van der Waals surface area (Å²) in [7, 11) is 0. The third-order valence-corrected chi connectivity index (χ3v) is 4.09. The molecule has 1 atom stereocenters. The van der Waals surface area contributed by atoms with Crippen molar-refractivity contribution in [2.75, 3.05) is 0 Å². The first kappa shape index (κ1) is 14.1. The predicted molar refractivity (Wildman–Crippen MR) is 82.5 cm³/mol. The molecule has 7 heteroatoms. The van der Waals surface area contributed by atoms with Gasteiger partial charge in [0.25, 0.3) is 0 Å². The third-order valence-electron chi connectivity index (χ3n) is 4.09. The highest BCUT2D eigenvalue weighted by molar-refractivity contribution is 5.31. The van der Waals surface area contributed by atoms with E-state index in [1.807, 2.05) is 23.0 Å². The number of fused-ring (bicyclic) bond motifs is 1. The Balaban J connectivity index is 1.39. The summed E-state index contributed by atoms with van der Waals surface area (Å²) in [4.78, 5) is 4.23. The molecule has 3 aromatic rings. The van der Waals surface area contributed by atoms with Gasteiger partial charge in [-0.05, 0) is 30.7 Å². The number of aromatic nitrogens is 5. The van der Waals surface area contributed by atoms with Crippen molar-refractivity contribution in [3.05, 3.63) is 60.2 Å². The van der Waals surface area contributed by atoms with Gasteiger partial charge in [-0.15, -0.1) is 0 Å². The van der Waals surface area contributed by atoms with Gasteiger partial charge in [0.1, 0.15) is 18.0 Å². The van der Waals surface area contributed by atoms with Gasteiger partial charge in [0.2, 0.25) is 0 Å². The molecule has 0 amide bonds. The molecule has 0 aliphatic carbocycles. The summed E-state index contributed by atoms with van der Waals surface area (Å²) in [5.74, 6) is 0.793. The number of hydrogen-bond acceptors (Lipinski definition) is 4. The molecule has 1 N–H and O–H groups in total. The molecule has 1 aliphatic heterocycles. The second-order valence-corrected chi connectivity index (χ2v) is 5.71. The number of nitrogens with one attached hydrogen (secondary N) is 1. The van der Waals surface area contributed by atoms with Crippen molar-refractivity contribution >= 4 is 0 Å². The molecule has 0 saturated heterocycles. The van der Waals surface area contributed by atoms with E-state index in [-0.39, 0.29) is 5.82 Å². The predicted octanol–water partition coefficient (Wildman–Crippen LogP) is 1.71. The van der Waals surface area contributed by atoms with Crippen molar-refractivity contribution < 1.29 is 4.39 Å². The summed E-state index contributed by atoms with van der Waals surface area (Å²) in [6, 6.07) is 8.72. The molecule has 6 nitrogen and oxygen atoms in total. The topological polar surface area (TPSA) is 60.6 Å². The van der Waals surface area contributed by atoms with Crippen LogP contribution in [0.1, 0.15) is 17.9 Å². The summed E-state index contributed by atoms with van der Waals surface area (Å²) in [6.07, 6.45) is 5.44. The molecule has 1 aromatic carbocycles. The zero-order valence-electron chi connectivity index (χ0n) is 12.6. The van der Waals surface area contributed by atoms with Crippen LogP contribution in [-0.4, -0.2) is 30.6 Å². The highest BCUT2D eigenvalue weighted by Crippen LogP contribution is 2.13. The molecule has 0 radical (unpaired) electrons. The maximum Gasteiger partial charge on any atom is 0.138 e. The molecule has 118 valence electrons. The second-order valence-electron chi connectivity index (χ2n) is 5.71. The number of nitrogens with zero attached hydrogens (tertiary/aromatic N) is 5. The summed E-state index contributed by atoms with van der Waals surface area (Å²) in [5.41, 5.74) is 1.65. The molecule has 0 fully saturated rings. The molecular weight excluding hydrogens is 295 g/mol. The van der Waals surface area contributed by atoms with Crippen LogP contribution < -0.4 is 5.32 Å². The number of aryl methyl sites for hydroxylation is 1. The molecule has 3 heterocycles. The molecule has 0 saturated carbocycles. The lowest BCUT2D eigenvalue weighted by Crippen LogP contribution is -2.37. The number of hydrogen-bond donors (Lipinski definition) is 1. The highest BCUT2D eigenvalue weighted by atomic mass is 19.1. The molecule has 0 bridgehead atoms. The van der Waals surface area contributed by atoms with Crippen LogP contribution in [0.5, 0.6) is 0 Å². The Hall–Kier alpha value is -2.54. The van der Waals surface area contributed by atoms with E-state index < -0.39 is 0 Å². The highest BCUT2D eigenvalue weighted by Gasteiger charge is 2.19. The first-order valence-electron chi connectivity index (χ1n) is 7.68. The Labute approximate surface area is 133 Å². The van der Waals surface area contributed by atoms with Gasteiger partial charge in [-0.3, -0.25) is 0 Å². The van der Waals surface area contributed by atoms with Gasteiger partial charge in [0.15, 0.2) is 0 Å². The Kier molecular flexibility index (Phi) is 3.63. The van der Waals surface area contributed by atoms with Gasteiger partial charge in [0.05, 0.1) is 17.9 Å². The minimum absolute atomic E-state index is 0.261. The molecule has 1 aliphatic rings. The van der Waals surface area contributed by atoms with Gasteiger partial charge >= 0.3 is 0 Å². The van der Waals surface area contributed by atoms with E-state index in [2.05, 4.69) is 20.5 Å². The SMILES string of the molecule is Fc1cccc(-n2ccc(CNC3CCc4ncnn4C3)n2)c1. The summed E-state index contributed by atoms with van der Waals surface area (Å²) >= 11 is 0. The Morgan fingerprint density at radius 1 is 1.30 bits per heavy atom. The maximum absolute atomic E-state index is 13.3. The van der Waals surface area contributed by atoms with E-state index in [0.717, 1.165) is 36.6 Å². The normalized spacial score (nSPS) is 17.2. The lowest BCUT2D eigenvalue weighted by molar-refractivity contribution is 0.356. The molecule has 23 heavy (non-hydrogen) atoms. The van der Waals surface area contributed by atoms with Gasteiger partial charge < -0.3 is 5.32 Å². The summed E-state index contributed by atoms with van der Waals surface area (Å²) < 4.78 is 16.9. The second kappa shape index (κ2) is 5.92. The fourth-order valence-corrected chi connectivity index (χ4v) is 2.87. The lowest BCUT2D eigenvalue weighted by Gasteiger charge is -2.23. The average Bonchev–Trinajstić information content (AvgIpc) is 3.21. The maximum atomic E-state index is 13.3. The van der Waals surface area contributed by atoms with Crippen molar-refractivity contribution in [3.63, 3.8) is 0 Å². The number of halogens is 1. The van der Waals surface area contributed by atoms with Crippen LogP contribution in [0.25, 0.3) is 5.69 Å². The van der Waals surface area contributed by atoms with Crippen LogP contribution in [0, 0.1) is 5.82 Å². The van der Waals surface area contributed by atoms with Crippen molar-refractivity contribution in [2.24, 2.45) is 0 Å². The minimum atomic E-state index is -0.261. The molecule has 1 unspecified atom stereocenters. The third kappa shape index (κ3) is 3.00. The Morgan fingerprint density at radius 3 is 3.17 bits per heavy atom. The lowest BCUT2D eigenvalue weighted by atomic mass is 10.1. The number of rotatable bonds is 4. The van der Waals surface area contributed by atoms with Crippen LogP contribution in [0.3, 0.4) is 0 Å². The first-order chi connectivity index (χ1) is 11.3. The van der Waals surface area contributed by atoms with Crippen LogP contribution >= 0.6 is 0 Å². The monoisotopic (exact) mass is 312 g/mol. The van der Waals surface area contributed by atoms with Gasteiger partial charge in [-0.2, -0.15) is 10.2 Å². The van der Waals surface area contributed by atoms with Crippen molar-refractivity contribution in [3.8, 4) is 5.69 Å². The van der Waals surface area contributed by atoms with E-state index in [4.69, 9.17) is 0 Å². The Morgan fingerprint density at radius 2 is 2.26 bits per heavy atom. The summed E-state index contributed by atoms with van der Waals surface area (Å²) in [6.45, 7) is 1.51. The fourth-order valence-electron chi connectivity index (χ4n) is 2.87. The van der Waals surface area contributed by atoms with Crippen LogP contribution in [-0.2, 0) is 19.5 Å². The molecular formula is C16H17FN6. The summed E-state index contributed by atoms with van der Waals surface area (Å²) in [5, 5.41) is 12.2. The molecule has 2 aromatic heterocycles. The minimum Gasteiger partial charge on any atom is -0.306 e. The number of benzene rings is 1. The van der Waals surface area contributed by atoms with E-state index in [1.165, 1.54) is 12.1 Å². The average molecular weight is 312 g/mol. The van der Waals surface area contributed by atoms with Crippen LogP contribution in [0.15, 0.2) is 42.9 Å². The van der Waals surface area contributed by atoms with E-state index in [9.17, 15) is 4.39 Å². The van der Waals surface area contributed by atoms with Gasteiger partial charge in [-0.1, -0.05) is 6.07 Å². The first-order valence-corrected chi connectivity index (χ1v) is 7.68. The van der Waals surface area contributed by atoms with E-state index in [0.29, 0.717) is 12.6 Å². The van der Waals surface area contributed by atoms with Gasteiger partial charge in [-0.25, -0.2) is 18.7 Å². The zero-order valence-corrected chi connectivity index (χ0v) is 12.6. The fraction of sp³-hybridized carbons (Fsp3) is 0.312. The van der Waals surface area contributed by atoms with E-state index in [1.54, 1.807) is 17.1 Å². The molecule has 4 rings (SSSR count). The van der Waals surface area contributed by atoms with Crippen molar-refractivity contribution in [1.29, 1.82) is 0 Å². The standard InChI is InChI=1S/C16H17FN6/c17-12-2-1-3-15(8-12)22-7-6-13(21-22)9-18-14-4-5-16-19-11-20-23(16)10-14/h1-3,6-8,11,14,18H,4-5,9-10H2. The van der Waals surface area contributed by atoms with Crippen LogP contribution in [0.4, 0.5) is 4.39 Å². The van der Waals surface area contributed by atoms with Crippen molar-refractivity contribution in [1.82, 2.24) is 29.9 Å². The quantitative estimate of drug-likeness (QED) is 0.797. The van der Waals surface area contributed by atoms with Gasteiger partial charge in [0, 0.05) is 25.2 Å².